The van der Waals surface area contributed by atoms with Crippen LogP contribution in [-0.2, 0) is 15.3 Å². The lowest BCUT2D eigenvalue weighted by Gasteiger charge is -2.22. The summed E-state index contributed by atoms with van der Waals surface area (Å²) in [6.07, 6.45) is 3.38. The minimum Gasteiger partial charge on any atom is -0.505 e. The summed E-state index contributed by atoms with van der Waals surface area (Å²) in [5, 5.41) is 21.2. The van der Waals surface area contributed by atoms with E-state index in [2.05, 4.69) is 21.8 Å². The third-order valence-corrected chi connectivity index (χ3v) is 9.32. The number of thioether (sulfide) groups is 1. The molecule has 0 spiro atoms. The van der Waals surface area contributed by atoms with Crippen molar-refractivity contribution >= 4 is 62.9 Å². The summed E-state index contributed by atoms with van der Waals surface area (Å²) in [7, 11) is 0. The van der Waals surface area contributed by atoms with E-state index in [4.69, 9.17) is 16.3 Å². The van der Waals surface area contributed by atoms with Gasteiger partial charge in [0.25, 0.3) is 5.78 Å². The van der Waals surface area contributed by atoms with Crippen molar-refractivity contribution in [3.05, 3.63) is 119 Å². The van der Waals surface area contributed by atoms with Gasteiger partial charge in [-0.3, -0.25) is 18.9 Å². The monoisotopic (exact) mass is 629 g/mol. The summed E-state index contributed by atoms with van der Waals surface area (Å²) < 4.78 is 7.92. The van der Waals surface area contributed by atoms with Crippen LogP contribution in [0.4, 0.5) is 5.13 Å². The summed E-state index contributed by atoms with van der Waals surface area (Å²) in [5.74, 6) is -0.834. The number of aromatic nitrogens is 4. The fraction of sp³-hybridized carbons (Fsp3) is 0.129. The molecule has 6 rings (SSSR count). The first-order valence-corrected chi connectivity index (χ1v) is 15.3. The van der Waals surface area contributed by atoms with Crippen LogP contribution in [-0.4, -0.2) is 43.0 Å². The molecule has 1 aliphatic rings. The molecule has 1 aliphatic heterocycles. The van der Waals surface area contributed by atoms with E-state index in [1.807, 2.05) is 30.3 Å². The number of Topliss-reactive ketones (excluding diaryl/α,β-unsaturated/α-hetero) is 1. The van der Waals surface area contributed by atoms with E-state index in [1.54, 1.807) is 60.0 Å². The molecule has 12 heteroatoms. The predicted octanol–water partition coefficient (Wildman–Crippen LogP) is 6.63. The molecule has 4 heterocycles. The van der Waals surface area contributed by atoms with Crippen LogP contribution in [0.2, 0.25) is 5.02 Å². The molecule has 3 aromatic heterocycles. The zero-order chi connectivity index (χ0) is 30.1. The number of hydrogen-bond donors (Lipinski definition) is 1. The number of anilines is 1. The number of hydrogen-bond acceptors (Lipinski definition) is 9. The van der Waals surface area contributed by atoms with Crippen LogP contribution in [0.3, 0.4) is 0 Å². The first-order chi connectivity index (χ1) is 20.9. The van der Waals surface area contributed by atoms with Gasteiger partial charge < -0.3 is 9.84 Å². The number of halogens is 1. The molecule has 0 radical (unpaired) electrons. The van der Waals surface area contributed by atoms with Gasteiger partial charge in [-0.1, -0.05) is 83.8 Å². The number of fused-ring (bicyclic) bond motifs is 1. The molecule has 1 amide bonds. The summed E-state index contributed by atoms with van der Waals surface area (Å²) in [6, 6.07) is 19.0. The van der Waals surface area contributed by atoms with Crippen molar-refractivity contribution in [2.75, 3.05) is 11.5 Å². The van der Waals surface area contributed by atoms with E-state index < -0.39 is 17.7 Å². The molecule has 0 aliphatic carbocycles. The number of carbonyl (C=O) groups excluding carboxylic acids is 2. The maximum atomic E-state index is 13.7. The van der Waals surface area contributed by atoms with E-state index in [9.17, 15) is 14.7 Å². The Bertz CT molecular complexity index is 1900. The zero-order valence-electron chi connectivity index (χ0n) is 22.8. The normalized spacial score (nSPS) is 16.2. The van der Waals surface area contributed by atoms with Gasteiger partial charge in [-0.15, -0.1) is 10.2 Å². The van der Waals surface area contributed by atoms with Crippen molar-refractivity contribution in [2.24, 2.45) is 0 Å². The fourth-order valence-electron chi connectivity index (χ4n) is 4.89. The minimum atomic E-state index is -0.975. The van der Waals surface area contributed by atoms with E-state index in [-0.39, 0.29) is 16.5 Å². The first kappa shape index (κ1) is 28.7. The molecule has 216 valence electrons. The smallest absolute Gasteiger partial charge is 0.301 e. The number of nitrogens with zero attached hydrogens (tertiary/aromatic N) is 5. The summed E-state index contributed by atoms with van der Waals surface area (Å²) in [5.41, 5.74) is 2.89. The highest BCUT2D eigenvalue weighted by Crippen LogP contribution is 2.44. The number of amides is 1. The molecule has 5 aromatic rings. The Morgan fingerprint density at radius 3 is 2.65 bits per heavy atom. The molecular formula is C31H24ClN5O4S2. The molecular weight excluding hydrogens is 606 g/mol. The number of carbonyl (C=O) groups is 2. The Morgan fingerprint density at radius 2 is 1.88 bits per heavy atom. The quantitative estimate of drug-likeness (QED) is 0.0483. The molecule has 1 fully saturated rings. The molecule has 0 saturated carbocycles. The third-order valence-electron chi connectivity index (χ3n) is 6.85. The number of benzene rings is 2. The van der Waals surface area contributed by atoms with Crippen LogP contribution >= 0.6 is 34.7 Å². The van der Waals surface area contributed by atoms with Gasteiger partial charge in [-0.25, -0.2) is 4.98 Å². The summed E-state index contributed by atoms with van der Waals surface area (Å²) in [6.45, 7) is 5.73. The van der Waals surface area contributed by atoms with Crippen LogP contribution in [0.5, 0.6) is 5.75 Å². The predicted molar refractivity (Wildman–Crippen MR) is 168 cm³/mol. The number of aliphatic hydroxyl groups excluding tert-OH is 1. The molecule has 43 heavy (non-hydrogen) atoms. The van der Waals surface area contributed by atoms with Crippen LogP contribution in [0.15, 0.2) is 95.5 Å². The molecule has 2 aromatic carbocycles. The molecule has 1 saturated heterocycles. The lowest BCUT2D eigenvalue weighted by molar-refractivity contribution is -0.132. The van der Waals surface area contributed by atoms with E-state index in [0.717, 1.165) is 5.56 Å². The van der Waals surface area contributed by atoms with Crippen LogP contribution in [0.25, 0.3) is 11.4 Å². The lowest BCUT2D eigenvalue weighted by Crippen LogP contribution is -2.29. The second-order valence-electron chi connectivity index (χ2n) is 9.54. The standard InChI is InChI=1S/C31H24ClN5O4S2/c1-3-16-41-21-13-11-19(12-14-21)26-24(27(38)25-18(2)33-23-10-6-7-15-36(23)25)28(39)29(40)37(26)30-34-35-31(43-30)42-17-20-8-4-5-9-22(20)32/h3-15,26,38H,1,16-17H2,2H3/b27-24+. The van der Waals surface area contributed by atoms with Gasteiger partial charge in [0.2, 0.25) is 5.13 Å². The Labute approximate surface area is 260 Å². The molecule has 0 bridgehead atoms. The summed E-state index contributed by atoms with van der Waals surface area (Å²) in [4.78, 5) is 33.2. The maximum Gasteiger partial charge on any atom is 0.301 e. The number of rotatable bonds is 9. The Balaban J connectivity index is 1.43. The fourth-order valence-corrected chi connectivity index (χ4v) is 7.04. The molecule has 1 N–H and O–H groups in total. The average Bonchev–Trinajstić information content (AvgIpc) is 3.69. The van der Waals surface area contributed by atoms with Crippen molar-refractivity contribution in [3.63, 3.8) is 0 Å². The summed E-state index contributed by atoms with van der Waals surface area (Å²) >= 11 is 8.92. The van der Waals surface area contributed by atoms with Crippen molar-refractivity contribution in [2.45, 2.75) is 23.1 Å². The highest BCUT2D eigenvalue weighted by molar-refractivity contribution is 8.00. The SMILES string of the molecule is C=CCOc1ccc(C2/C(=C(\O)c3c(C)nc4ccccn34)C(=O)C(=O)N2c2nnc(SCc3ccccc3Cl)s2)cc1. The van der Waals surface area contributed by atoms with Gasteiger partial charge in [0.15, 0.2) is 10.1 Å². The number of aryl methyl sites for hydroxylation is 1. The number of ketones is 1. The zero-order valence-corrected chi connectivity index (χ0v) is 25.2. The molecule has 1 unspecified atom stereocenters. The Hall–Kier alpha value is -4.45. The molecule has 1 atom stereocenters. The van der Waals surface area contributed by atoms with Crippen molar-refractivity contribution in [3.8, 4) is 5.75 Å². The van der Waals surface area contributed by atoms with Crippen molar-refractivity contribution in [1.29, 1.82) is 0 Å². The maximum absolute atomic E-state index is 13.7. The highest BCUT2D eigenvalue weighted by Gasteiger charge is 2.49. The van der Waals surface area contributed by atoms with Gasteiger partial charge in [-0.05, 0) is 48.4 Å². The number of pyridine rings is 1. The van der Waals surface area contributed by atoms with E-state index in [1.165, 1.54) is 28.0 Å². The third kappa shape index (κ3) is 5.42. The van der Waals surface area contributed by atoms with Gasteiger partial charge in [0, 0.05) is 17.0 Å². The van der Waals surface area contributed by atoms with Crippen molar-refractivity contribution < 1.29 is 19.4 Å². The van der Waals surface area contributed by atoms with E-state index in [0.29, 0.717) is 50.1 Å². The van der Waals surface area contributed by atoms with Crippen LogP contribution in [0.1, 0.15) is 28.6 Å². The topological polar surface area (TPSA) is 110 Å². The Morgan fingerprint density at radius 1 is 1.12 bits per heavy atom. The second-order valence-corrected chi connectivity index (χ2v) is 12.1. The van der Waals surface area contributed by atoms with Crippen LogP contribution < -0.4 is 9.64 Å². The lowest BCUT2D eigenvalue weighted by atomic mass is 9.96. The number of ether oxygens (including phenoxy) is 1. The first-order valence-electron chi connectivity index (χ1n) is 13.2. The second kappa shape index (κ2) is 12.0. The largest absolute Gasteiger partial charge is 0.505 e. The van der Waals surface area contributed by atoms with Crippen LogP contribution in [0, 0.1) is 6.92 Å². The Kier molecular flexibility index (Phi) is 8.02. The molecule has 9 nitrogen and oxygen atoms in total. The van der Waals surface area contributed by atoms with Gasteiger partial charge in [-0.2, -0.15) is 0 Å². The number of imidazole rings is 1. The minimum absolute atomic E-state index is 0.0704. The van der Waals surface area contributed by atoms with E-state index >= 15 is 0 Å². The average molecular weight is 630 g/mol. The highest BCUT2D eigenvalue weighted by atomic mass is 35.5. The van der Waals surface area contributed by atoms with Gasteiger partial charge in [0.05, 0.1) is 17.3 Å². The van der Waals surface area contributed by atoms with Crippen molar-refractivity contribution in [1.82, 2.24) is 19.6 Å². The van der Waals surface area contributed by atoms with Gasteiger partial charge >= 0.3 is 5.91 Å². The van der Waals surface area contributed by atoms with Gasteiger partial charge in [0.1, 0.15) is 23.7 Å². The number of aliphatic hydroxyl groups is 1.